The monoisotopic (exact) mass is 466 g/mol. The number of likely N-dealkylation sites (N-methyl/N-ethyl adjacent to an activating group) is 1. The largest absolute Gasteiger partial charge is 0.491 e. The fraction of sp³-hybridized carbons (Fsp3) is 0.292. The Kier molecular flexibility index (Phi) is 8.44. The normalized spacial score (nSPS) is 11.7. The Balaban J connectivity index is 1.71. The molecule has 1 aromatic heterocycles. The van der Waals surface area contributed by atoms with E-state index in [0.29, 0.717) is 34.6 Å². The van der Waals surface area contributed by atoms with Gasteiger partial charge in [0, 0.05) is 18.3 Å². The van der Waals surface area contributed by atoms with Crippen LogP contribution in [0.25, 0.3) is 0 Å². The lowest BCUT2D eigenvalue weighted by Gasteiger charge is -2.22. The minimum atomic E-state index is -0.560. The van der Waals surface area contributed by atoms with Gasteiger partial charge in [0.25, 0.3) is 0 Å². The van der Waals surface area contributed by atoms with Gasteiger partial charge in [0.15, 0.2) is 0 Å². The first-order chi connectivity index (χ1) is 15.9. The first kappa shape index (κ1) is 24.3. The van der Waals surface area contributed by atoms with Gasteiger partial charge in [0.05, 0.1) is 16.8 Å². The average molecular weight is 467 g/mol. The second-order valence-corrected chi connectivity index (χ2v) is 8.24. The third kappa shape index (κ3) is 7.05. The van der Waals surface area contributed by atoms with Crippen LogP contribution in [-0.2, 0) is 0 Å². The molecule has 0 spiro atoms. The highest BCUT2D eigenvalue weighted by Gasteiger charge is 2.15. The van der Waals surface area contributed by atoms with Crippen molar-refractivity contribution < 1.29 is 9.84 Å². The lowest BCUT2D eigenvalue weighted by Crippen LogP contribution is -2.30. The Labute approximate surface area is 199 Å². The minimum absolute atomic E-state index is 0.0882. The molecule has 2 N–H and O–H groups in total. The molecule has 0 amide bonds. The third-order valence-electron chi connectivity index (χ3n) is 4.70. The summed E-state index contributed by atoms with van der Waals surface area (Å²) in [5.74, 6) is 1.78. The van der Waals surface area contributed by atoms with Gasteiger partial charge in [-0.25, -0.2) is 9.97 Å². The molecule has 0 aliphatic rings. The van der Waals surface area contributed by atoms with E-state index in [1.807, 2.05) is 68.4 Å². The van der Waals surface area contributed by atoms with Crippen molar-refractivity contribution in [2.24, 2.45) is 0 Å². The fourth-order valence-corrected chi connectivity index (χ4v) is 3.54. The number of nitrogens with zero attached hydrogens (tertiary/aromatic N) is 5. The standard InChI is InChI=1S/C24H27ClN6O2/c1-17-4-9-22(21(25)12-17)31(11-10-26)24-13-23(27-16-28-24)29-18-5-7-20(8-6-18)33-15-19(32)14-30(2)3/h4-9,12-13,16,19,32H,11,14-15H2,1-3H3,(H,27,28,29). The van der Waals surface area contributed by atoms with Crippen LogP contribution in [0.1, 0.15) is 5.56 Å². The van der Waals surface area contributed by atoms with Crippen LogP contribution in [0.2, 0.25) is 5.02 Å². The number of aryl methyl sites for hydroxylation is 1. The molecular weight excluding hydrogens is 440 g/mol. The van der Waals surface area contributed by atoms with Crippen LogP contribution in [0.4, 0.5) is 23.0 Å². The molecule has 0 bridgehead atoms. The second kappa shape index (κ2) is 11.5. The molecule has 0 aliphatic heterocycles. The average Bonchev–Trinajstić information content (AvgIpc) is 2.77. The van der Waals surface area contributed by atoms with Crippen LogP contribution >= 0.6 is 11.6 Å². The maximum atomic E-state index is 9.93. The SMILES string of the molecule is Cc1ccc(N(CC#N)c2cc(Nc3ccc(OCC(O)CN(C)C)cc3)ncn2)c(Cl)c1. The summed E-state index contributed by atoms with van der Waals surface area (Å²) in [6.07, 6.45) is 0.879. The molecule has 3 rings (SSSR count). The van der Waals surface area contributed by atoms with Crippen molar-refractivity contribution in [1.29, 1.82) is 5.26 Å². The van der Waals surface area contributed by atoms with Gasteiger partial charge in [-0.3, -0.25) is 0 Å². The van der Waals surface area contributed by atoms with Crippen LogP contribution < -0.4 is 15.0 Å². The maximum Gasteiger partial charge on any atom is 0.139 e. The minimum Gasteiger partial charge on any atom is -0.491 e. The molecule has 3 aromatic rings. The molecule has 1 heterocycles. The molecule has 33 heavy (non-hydrogen) atoms. The van der Waals surface area contributed by atoms with Crippen molar-refractivity contribution in [2.75, 3.05) is 44.0 Å². The van der Waals surface area contributed by atoms with E-state index >= 15 is 0 Å². The highest BCUT2D eigenvalue weighted by Crippen LogP contribution is 2.32. The van der Waals surface area contributed by atoms with Crippen molar-refractivity contribution in [2.45, 2.75) is 13.0 Å². The summed E-state index contributed by atoms with van der Waals surface area (Å²) < 4.78 is 5.64. The third-order valence-corrected chi connectivity index (χ3v) is 5.00. The van der Waals surface area contributed by atoms with E-state index in [9.17, 15) is 10.4 Å². The summed E-state index contributed by atoms with van der Waals surface area (Å²) in [4.78, 5) is 12.3. The predicted molar refractivity (Wildman–Crippen MR) is 131 cm³/mol. The maximum absolute atomic E-state index is 9.93. The number of aliphatic hydroxyl groups excluding tert-OH is 1. The van der Waals surface area contributed by atoms with Crippen molar-refractivity contribution in [3.63, 3.8) is 0 Å². The summed E-state index contributed by atoms with van der Waals surface area (Å²) >= 11 is 6.42. The Hall–Kier alpha value is -3.38. The zero-order chi connectivity index (χ0) is 23.8. The number of halogens is 1. The van der Waals surface area contributed by atoms with E-state index < -0.39 is 6.10 Å². The molecule has 0 saturated carbocycles. The molecule has 8 nitrogen and oxygen atoms in total. The summed E-state index contributed by atoms with van der Waals surface area (Å²) in [6, 6.07) is 17.0. The van der Waals surface area contributed by atoms with Crippen molar-refractivity contribution in [3.05, 3.63) is 65.4 Å². The number of aromatic nitrogens is 2. The molecule has 0 radical (unpaired) electrons. The van der Waals surface area contributed by atoms with Crippen LogP contribution in [-0.4, -0.2) is 59.9 Å². The molecular formula is C24H27ClN6O2. The van der Waals surface area contributed by atoms with Gasteiger partial charge in [0.2, 0.25) is 0 Å². The molecule has 0 fully saturated rings. The van der Waals surface area contributed by atoms with E-state index in [0.717, 1.165) is 11.3 Å². The number of benzene rings is 2. The first-order valence-corrected chi connectivity index (χ1v) is 10.8. The Bertz CT molecular complexity index is 1100. The lowest BCUT2D eigenvalue weighted by molar-refractivity contribution is 0.0831. The molecule has 0 saturated heterocycles. The highest BCUT2D eigenvalue weighted by atomic mass is 35.5. The smallest absolute Gasteiger partial charge is 0.139 e. The number of anilines is 4. The summed E-state index contributed by atoms with van der Waals surface area (Å²) in [7, 11) is 3.80. The van der Waals surface area contributed by atoms with Gasteiger partial charge in [-0.1, -0.05) is 17.7 Å². The van der Waals surface area contributed by atoms with E-state index in [2.05, 4.69) is 21.4 Å². The number of aliphatic hydroxyl groups is 1. The summed E-state index contributed by atoms with van der Waals surface area (Å²) in [5, 5.41) is 23.0. The zero-order valence-electron chi connectivity index (χ0n) is 18.9. The predicted octanol–water partition coefficient (Wildman–Crippen LogP) is 4.15. The van der Waals surface area contributed by atoms with Crippen molar-refractivity contribution >= 4 is 34.6 Å². The number of nitrogens with one attached hydrogen (secondary N) is 1. The number of ether oxygens (including phenoxy) is 1. The molecule has 1 unspecified atom stereocenters. The number of nitriles is 1. The number of hydrogen-bond donors (Lipinski definition) is 2. The number of hydrogen-bond acceptors (Lipinski definition) is 8. The van der Waals surface area contributed by atoms with Gasteiger partial charge in [0.1, 0.15) is 43.0 Å². The number of rotatable bonds is 10. The first-order valence-electron chi connectivity index (χ1n) is 10.4. The van der Waals surface area contributed by atoms with Gasteiger partial charge < -0.3 is 25.0 Å². The van der Waals surface area contributed by atoms with Crippen LogP contribution in [0.15, 0.2) is 54.9 Å². The Morgan fingerprint density at radius 3 is 2.58 bits per heavy atom. The van der Waals surface area contributed by atoms with E-state index in [-0.39, 0.29) is 13.2 Å². The molecule has 9 heteroatoms. The van der Waals surface area contributed by atoms with Crippen molar-refractivity contribution in [3.8, 4) is 11.8 Å². The van der Waals surface area contributed by atoms with Crippen LogP contribution in [0.3, 0.4) is 0 Å². The van der Waals surface area contributed by atoms with Gasteiger partial charge in [-0.15, -0.1) is 0 Å². The molecule has 1 atom stereocenters. The van der Waals surface area contributed by atoms with E-state index in [1.54, 1.807) is 11.0 Å². The summed E-state index contributed by atoms with van der Waals surface area (Å²) in [5.41, 5.74) is 2.54. The zero-order valence-corrected chi connectivity index (χ0v) is 19.6. The second-order valence-electron chi connectivity index (χ2n) is 7.84. The van der Waals surface area contributed by atoms with Crippen LogP contribution in [0.5, 0.6) is 5.75 Å². The lowest BCUT2D eigenvalue weighted by atomic mass is 10.2. The van der Waals surface area contributed by atoms with E-state index in [4.69, 9.17) is 16.3 Å². The molecule has 0 aliphatic carbocycles. The Morgan fingerprint density at radius 2 is 1.91 bits per heavy atom. The highest BCUT2D eigenvalue weighted by molar-refractivity contribution is 6.33. The quantitative estimate of drug-likeness (QED) is 0.430. The van der Waals surface area contributed by atoms with Crippen molar-refractivity contribution in [1.82, 2.24) is 14.9 Å². The van der Waals surface area contributed by atoms with Gasteiger partial charge in [-0.2, -0.15) is 5.26 Å². The van der Waals surface area contributed by atoms with Gasteiger partial charge in [-0.05, 0) is 63.0 Å². The molecule has 2 aromatic carbocycles. The van der Waals surface area contributed by atoms with E-state index in [1.165, 1.54) is 6.33 Å². The summed E-state index contributed by atoms with van der Waals surface area (Å²) in [6.45, 7) is 2.80. The van der Waals surface area contributed by atoms with Gasteiger partial charge >= 0.3 is 0 Å². The van der Waals surface area contributed by atoms with Crippen LogP contribution in [0, 0.1) is 18.3 Å². The topological polar surface area (TPSA) is 97.5 Å². The molecule has 172 valence electrons. The Morgan fingerprint density at radius 1 is 1.15 bits per heavy atom. The fourth-order valence-electron chi connectivity index (χ4n) is 3.20.